The van der Waals surface area contributed by atoms with Gasteiger partial charge in [-0.05, 0) is 19.1 Å². The van der Waals surface area contributed by atoms with Gasteiger partial charge in [0, 0.05) is 31.4 Å². The van der Waals surface area contributed by atoms with E-state index in [1.165, 1.54) is 21.9 Å². The Morgan fingerprint density at radius 2 is 2.11 bits per heavy atom. The molecule has 1 fully saturated rings. The molecular weight excluding hydrogens is 248 g/mol. The predicted molar refractivity (Wildman–Crippen MR) is 69.2 cm³/mol. The summed E-state index contributed by atoms with van der Waals surface area (Å²) < 4.78 is 0. The summed E-state index contributed by atoms with van der Waals surface area (Å²) in [4.78, 5) is 25.9. The fraction of sp³-hybridized carbons (Fsp3) is 0.385. The van der Waals surface area contributed by atoms with Gasteiger partial charge in [-0.2, -0.15) is 0 Å². The number of benzene rings is 1. The number of phenolic OH excluding ortho intramolecular Hbond substituents is 1. The Balaban J connectivity index is 2.07. The zero-order valence-corrected chi connectivity index (χ0v) is 10.6. The molecule has 1 heterocycles. The van der Waals surface area contributed by atoms with Crippen molar-refractivity contribution >= 4 is 17.7 Å². The van der Waals surface area contributed by atoms with Gasteiger partial charge >= 0.3 is 12.0 Å². The van der Waals surface area contributed by atoms with Gasteiger partial charge in [0.15, 0.2) is 0 Å². The number of anilines is 1. The van der Waals surface area contributed by atoms with Crippen LogP contribution in [0.4, 0.5) is 10.5 Å². The monoisotopic (exact) mass is 264 g/mol. The van der Waals surface area contributed by atoms with Gasteiger partial charge in [0.1, 0.15) is 5.75 Å². The number of carbonyl (C=O) groups is 2. The van der Waals surface area contributed by atoms with E-state index in [2.05, 4.69) is 0 Å². The number of carboxylic acids is 1. The van der Waals surface area contributed by atoms with Gasteiger partial charge in [-0.15, -0.1) is 0 Å². The van der Waals surface area contributed by atoms with Crippen LogP contribution in [0.3, 0.4) is 0 Å². The minimum Gasteiger partial charge on any atom is -0.508 e. The van der Waals surface area contributed by atoms with Crippen LogP contribution in [0.1, 0.15) is 6.92 Å². The van der Waals surface area contributed by atoms with Crippen LogP contribution in [0, 0.1) is 5.92 Å². The molecule has 2 amide bonds. The number of hydrogen-bond acceptors (Lipinski definition) is 3. The van der Waals surface area contributed by atoms with Crippen LogP contribution in [0.15, 0.2) is 24.3 Å². The van der Waals surface area contributed by atoms with Gasteiger partial charge < -0.3 is 15.1 Å². The number of carboxylic acid groups (broad SMARTS) is 1. The Hall–Kier alpha value is -2.24. The van der Waals surface area contributed by atoms with Crippen molar-refractivity contribution in [3.63, 3.8) is 0 Å². The minimum atomic E-state index is -0.871. The van der Waals surface area contributed by atoms with Crippen molar-refractivity contribution in [1.82, 2.24) is 4.90 Å². The van der Waals surface area contributed by atoms with Crippen LogP contribution in [0.5, 0.6) is 5.75 Å². The van der Waals surface area contributed by atoms with Crippen LogP contribution in [-0.2, 0) is 4.79 Å². The molecule has 0 atom stereocenters. The Morgan fingerprint density at radius 3 is 2.63 bits per heavy atom. The van der Waals surface area contributed by atoms with E-state index in [0.29, 0.717) is 12.2 Å². The molecule has 1 aromatic carbocycles. The molecule has 0 aliphatic carbocycles. The molecule has 1 saturated heterocycles. The van der Waals surface area contributed by atoms with Crippen molar-refractivity contribution in [2.75, 3.05) is 24.5 Å². The highest BCUT2D eigenvalue weighted by Crippen LogP contribution is 2.24. The van der Waals surface area contributed by atoms with Crippen molar-refractivity contribution in [2.45, 2.75) is 6.92 Å². The summed E-state index contributed by atoms with van der Waals surface area (Å²) in [7, 11) is 0. The molecule has 6 nitrogen and oxygen atoms in total. The summed E-state index contributed by atoms with van der Waals surface area (Å²) in [5.41, 5.74) is 0.603. The number of nitrogens with zero attached hydrogens (tertiary/aromatic N) is 2. The summed E-state index contributed by atoms with van der Waals surface area (Å²) >= 11 is 0. The number of likely N-dealkylation sites (tertiary alicyclic amines) is 1. The van der Waals surface area contributed by atoms with Crippen LogP contribution >= 0.6 is 0 Å². The molecule has 1 aliphatic rings. The van der Waals surface area contributed by atoms with Gasteiger partial charge in [0.2, 0.25) is 0 Å². The van der Waals surface area contributed by atoms with Gasteiger partial charge in [-0.25, -0.2) is 4.79 Å². The van der Waals surface area contributed by atoms with Crippen LogP contribution in [-0.4, -0.2) is 46.7 Å². The number of amides is 2. The fourth-order valence-corrected chi connectivity index (χ4v) is 2.05. The fourth-order valence-electron chi connectivity index (χ4n) is 2.05. The number of rotatable bonds is 3. The SMILES string of the molecule is CCN(C(=O)N1CC(C(=O)O)C1)c1cccc(O)c1. The second-order valence-electron chi connectivity index (χ2n) is 4.49. The number of hydrogen-bond donors (Lipinski definition) is 2. The highest BCUT2D eigenvalue weighted by molar-refractivity contribution is 5.93. The highest BCUT2D eigenvalue weighted by Gasteiger charge is 2.37. The van der Waals surface area contributed by atoms with Crippen molar-refractivity contribution in [3.05, 3.63) is 24.3 Å². The van der Waals surface area contributed by atoms with Crippen LogP contribution < -0.4 is 4.90 Å². The van der Waals surface area contributed by atoms with E-state index in [9.17, 15) is 14.7 Å². The molecule has 0 aromatic heterocycles. The maximum Gasteiger partial charge on any atom is 0.324 e. The first-order valence-electron chi connectivity index (χ1n) is 6.11. The first-order chi connectivity index (χ1) is 9.02. The van der Waals surface area contributed by atoms with Gasteiger partial charge in [0.05, 0.1) is 5.92 Å². The van der Waals surface area contributed by atoms with Crippen molar-refractivity contribution in [2.24, 2.45) is 5.92 Å². The Morgan fingerprint density at radius 1 is 1.42 bits per heavy atom. The van der Waals surface area contributed by atoms with Crippen molar-refractivity contribution in [3.8, 4) is 5.75 Å². The third kappa shape index (κ3) is 2.62. The lowest BCUT2D eigenvalue weighted by atomic mass is 10.0. The largest absolute Gasteiger partial charge is 0.508 e. The molecule has 6 heteroatoms. The molecule has 1 aliphatic heterocycles. The van der Waals surface area contributed by atoms with Gasteiger partial charge in [-0.3, -0.25) is 9.69 Å². The summed E-state index contributed by atoms with van der Waals surface area (Å²) in [5, 5.41) is 18.2. The second kappa shape index (κ2) is 5.17. The lowest BCUT2D eigenvalue weighted by Crippen LogP contribution is -2.57. The van der Waals surface area contributed by atoms with E-state index in [1.54, 1.807) is 12.1 Å². The van der Waals surface area contributed by atoms with E-state index in [4.69, 9.17) is 5.11 Å². The first kappa shape index (κ1) is 13.2. The molecule has 0 bridgehead atoms. The maximum absolute atomic E-state index is 12.2. The maximum atomic E-state index is 12.2. The zero-order valence-electron chi connectivity index (χ0n) is 10.6. The van der Waals surface area contributed by atoms with Crippen molar-refractivity contribution in [1.29, 1.82) is 0 Å². The van der Waals surface area contributed by atoms with Crippen LogP contribution in [0.25, 0.3) is 0 Å². The highest BCUT2D eigenvalue weighted by atomic mass is 16.4. The first-order valence-corrected chi connectivity index (χ1v) is 6.11. The second-order valence-corrected chi connectivity index (χ2v) is 4.49. The Bertz CT molecular complexity index is 497. The Kier molecular flexibility index (Phi) is 3.59. The van der Waals surface area contributed by atoms with E-state index < -0.39 is 11.9 Å². The number of urea groups is 1. The molecule has 19 heavy (non-hydrogen) atoms. The molecule has 0 saturated carbocycles. The zero-order chi connectivity index (χ0) is 14.0. The van der Waals surface area contributed by atoms with E-state index >= 15 is 0 Å². The van der Waals surface area contributed by atoms with E-state index in [-0.39, 0.29) is 24.9 Å². The summed E-state index contributed by atoms with van der Waals surface area (Å²) in [5.74, 6) is -1.24. The average Bonchev–Trinajstić information content (AvgIpc) is 2.27. The average molecular weight is 264 g/mol. The summed E-state index contributed by atoms with van der Waals surface area (Å²) in [6.45, 7) is 2.76. The molecular formula is C13H16N2O4. The third-order valence-corrected chi connectivity index (χ3v) is 3.19. The molecule has 0 spiro atoms. The number of aliphatic carboxylic acids is 1. The molecule has 0 radical (unpaired) electrons. The lowest BCUT2D eigenvalue weighted by molar-refractivity contribution is -0.146. The van der Waals surface area contributed by atoms with E-state index in [1.807, 2.05) is 6.92 Å². The van der Waals surface area contributed by atoms with Gasteiger partial charge in [-0.1, -0.05) is 6.07 Å². The normalized spacial score (nSPS) is 14.9. The number of carbonyl (C=O) groups excluding carboxylic acids is 1. The third-order valence-electron chi connectivity index (χ3n) is 3.19. The predicted octanol–water partition coefficient (Wildman–Crippen LogP) is 1.35. The molecule has 102 valence electrons. The summed E-state index contributed by atoms with van der Waals surface area (Å²) in [6.07, 6.45) is 0. The molecule has 2 N–H and O–H groups in total. The smallest absolute Gasteiger partial charge is 0.324 e. The topological polar surface area (TPSA) is 81.1 Å². The molecule has 0 unspecified atom stereocenters. The Labute approximate surface area is 110 Å². The lowest BCUT2D eigenvalue weighted by Gasteiger charge is -2.39. The summed E-state index contributed by atoms with van der Waals surface area (Å²) in [6, 6.07) is 6.21. The quantitative estimate of drug-likeness (QED) is 0.863. The van der Waals surface area contributed by atoms with E-state index in [0.717, 1.165) is 0 Å². The van der Waals surface area contributed by atoms with Gasteiger partial charge in [0.25, 0.3) is 0 Å². The number of phenols is 1. The number of aromatic hydroxyl groups is 1. The minimum absolute atomic E-state index is 0.0933. The van der Waals surface area contributed by atoms with Crippen molar-refractivity contribution < 1.29 is 19.8 Å². The molecule has 1 aromatic rings. The van der Waals surface area contributed by atoms with Crippen LogP contribution in [0.2, 0.25) is 0 Å². The molecule has 2 rings (SSSR count). The standard InChI is InChI=1S/C13H16N2O4/c1-2-15(10-4-3-5-11(16)6-10)13(19)14-7-9(8-14)12(17)18/h3-6,9,16H,2,7-8H2,1H3,(H,17,18).